The fourth-order valence-electron chi connectivity index (χ4n) is 3.75. The molecule has 4 aromatic rings. The molecule has 10 heteroatoms. The summed E-state index contributed by atoms with van der Waals surface area (Å²) in [5.74, 6) is 1.04. The van der Waals surface area contributed by atoms with Crippen LogP contribution >= 0.6 is 22.9 Å². The summed E-state index contributed by atoms with van der Waals surface area (Å²) in [6.07, 6.45) is 4.97. The molecule has 0 saturated heterocycles. The highest BCUT2D eigenvalue weighted by molar-refractivity contribution is 14.1. The lowest BCUT2D eigenvalue weighted by molar-refractivity contribution is -0.111. The van der Waals surface area contributed by atoms with E-state index in [9.17, 15) is 4.79 Å². The average molecular weight is 598 g/mol. The van der Waals surface area contributed by atoms with Crippen LogP contribution in [-0.4, -0.2) is 50.9 Å². The Morgan fingerprint density at radius 1 is 1.22 bits per heavy atom. The lowest BCUT2D eigenvalue weighted by Gasteiger charge is -2.18. The van der Waals surface area contributed by atoms with Crippen molar-refractivity contribution >= 4 is 57.0 Å². The van der Waals surface area contributed by atoms with Crippen molar-refractivity contribution in [2.45, 2.75) is 0 Å². The minimum Gasteiger partial charge on any atom is -0.494 e. The average Bonchev–Trinajstić information content (AvgIpc) is 3.21. The molecular weight excluding hydrogens is 571 g/mol. The largest absolute Gasteiger partial charge is 0.494 e. The summed E-state index contributed by atoms with van der Waals surface area (Å²) in [6, 6.07) is 13.5. The molecule has 0 saturated carbocycles. The van der Waals surface area contributed by atoms with Gasteiger partial charge in [0, 0.05) is 71.4 Å². The number of carbonyl (C=O) groups is 1. The second-order valence-corrected chi connectivity index (χ2v) is 9.63. The normalized spacial score (nSPS) is 10.9. The number of para-hydroxylation sites is 1. The first-order valence-corrected chi connectivity index (χ1v) is 12.2. The van der Waals surface area contributed by atoms with Crippen LogP contribution in [0.25, 0.3) is 22.2 Å². The van der Waals surface area contributed by atoms with Gasteiger partial charge < -0.3 is 24.7 Å². The lowest BCUT2D eigenvalue weighted by Crippen LogP contribution is -2.16. The number of nitrogens with zero attached hydrogens (tertiary/aromatic N) is 4. The van der Waals surface area contributed by atoms with Crippen LogP contribution < -0.4 is 20.1 Å². The van der Waals surface area contributed by atoms with Crippen LogP contribution in [0.4, 0.5) is 17.3 Å². The number of rotatable bonds is 10. The number of anilines is 3. The van der Waals surface area contributed by atoms with Crippen LogP contribution in [0.15, 0.2) is 67.5 Å². The SMILES string of the molecule is C=CC(=O)Nc1cc(Nc2nccc(-c3cn(C)c4ccccc34)n2)c(OC)cc1OCCN(C)I. The Morgan fingerprint density at radius 3 is 2.78 bits per heavy atom. The van der Waals surface area contributed by atoms with Gasteiger partial charge in [-0.3, -0.25) is 4.79 Å². The van der Waals surface area contributed by atoms with E-state index in [1.54, 1.807) is 25.4 Å². The summed E-state index contributed by atoms with van der Waals surface area (Å²) >= 11 is 2.18. The minimum absolute atomic E-state index is 0.351. The third-order valence-electron chi connectivity index (χ3n) is 5.48. The van der Waals surface area contributed by atoms with E-state index in [0.29, 0.717) is 42.0 Å². The Hall–Kier alpha value is -3.64. The zero-order valence-corrected chi connectivity index (χ0v) is 22.4. The number of hydrogen-bond acceptors (Lipinski definition) is 7. The molecule has 4 rings (SSSR count). The summed E-state index contributed by atoms with van der Waals surface area (Å²) in [6.45, 7) is 4.67. The van der Waals surface area contributed by atoms with Gasteiger partial charge in [-0.2, -0.15) is 0 Å². The van der Waals surface area contributed by atoms with Crippen molar-refractivity contribution in [3.8, 4) is 22.8 Å². The summed E-state index contributed by atoms with van der Waals surface area (Å²) < 4.78 is 15.6. The van der Waals surface area contributed by atoms with Crippen LogP contribution in [0.5, 0.6) is 11.5 Å². The van der Waals surface area contributed by atoms with Crippen molar-refractivity contribution in [2.75, 3.05) is 37.9 Å². The van der Waals surface area contributed by atoms with Crippen LogP contribution in [0, 0.1) is 0 Å². The van der Waals surface area contributed by atoms with Crippen molar-refractivity contribution in [1.29, 1.82) is 0 Å². The molecular formula is C26H27IN6O3. The molecule has 0 spiro atoms. The highest BCUT2D eigenvalue weighted by Gasteiger charge is 2.16. The Balaban J connectivity index is 1.68. The lowest BCUT2D eigenvalue weighted by atomic mass is 10.1. The van der Waals surface area contributed by atoms with E-state index in [1.807, 2.05) is 35.4 Å². The van der Waals surface area contributed by atoms with E-state index in [1.165, 1.54) is 6.08 Å². The fourth-order valence-corrected chi connectivity index (χ4v) is 3.94. The second kappa shape index (κ2) is 11.4. The van der Waals surface area contributed by atoms with Gasteiger partial charge in [-0.15, -0.1) is 0 Å². The van der Waals surface area contributed by atoms with Crippen molar-refractivity contribution < 1.29 is 14.3 Å². The van der Waals surface area contributed by atoms with Crippen molar-refractivity contribution in [2.24, 2.45) is 7.05 Å². The van der Waals surface area contributed by atoms with Gasteiger partial charge in [0.1, 0.15) is 18.1 Å². The molecule has 0 aliphatic rings. The predicted molar refractivity (Wildman–Crippen MR) is 151 cm³/mol. The molecule has 1 amide bonds. The van der Waals surface area contributed by atoms with E-state index >= 15 is 0 Å². The molecule has 0 atom stereocenters. The number of methoxy groups -OCH3 is 1. The quantitative estimate of drug-likeness (QED) is 0.148. The Bertz CT molecular complexity index is 1400. The molecule has 2 N–H and O–H groups in total. The Morgan fingerprint density at radius 2 is 2.03 bits per heavy atom. The van der Waals surface area contributed by atoms with E-state index in [4.69, 9.17) is 14.5 Å². The van der Waals surface area contributed by atoms with Gasteiger partial charge in [-0.25, -0.2) is 13.1 Å². The van der Waals surface area contributed by atoms with E-state index in [0.717, 1.165) is 22.2 Å². The van der Waals surface area contributed by atoms with Gasteiger partial charge in [0.15, 0.2) is 0 Å². The van der Waals surface area contributed by atoms with Crippen LogP contribution in [-0.2, 0) is 11.8 Å². The fraction of sp³-hybridized carbons (Fsp3) is 0.192. The number of aryl methyl sites for hydroxylation is 1. The van der Waals surface area contributed by atoms with Gasteiger partial charge in [0.05, 0.1) is 24.2 Å². The van der Waals surface area contributed by atoms with Gasteiger partial charge in [-0.05, 0) is 31.3 Å². The maximum absolute atomic E-state index is 12.1. The van der Waals surface area contributed by atoms with Crippen LogP contribution in [0.3, 0.4) is 0 Å². The number of aromatic nitrogens is 3. The van der Waals surface area contributed by atoms with Gasteiger partial charge >= 0.3 is 0 Å². The zero-order chi connectivity index (χ0) is 25.7. The molecule has 186 valence electrons. The van der Waals surface area contributed by atoms with Gasteiger partial charge in [0.25, 0.3) is 0 Å². The molecule has 2 heterocycles. The highest BCUT2D eigenvalue weighted by Crippen LogP contribution is 2.38. The van der Waals surface area contributed by atoms with E-state index in [2.05, 4.69) is 68.0 Å². The Kier molecular flexibility index (Phi) is 8.06. The van der Waals surface area contributed by atoms with Crippen molar-refractivity contribution in [1.82, 2.24) is 17.6 Å². The monoisotopic (exact) mass is 598 g/mol. The number of nitrogens with one attached hydrogen (secondary N) is 2. The maximum atomic E-state index is 12.1. The van der Waals surface area contributed by atoms with Crippen molar-refractivity contribution in [3.05, 3.63) is 67.5 Å². The van der Waals surface area contributed by atoms with Crippen molar-refractivity contribution in [3.63, 3.8) is 0 Å². The number of halogens is 1. The number of benzene rings is 2. The van der Waals surface area contributed by atoms with E-state index < -0.39 is 0 Å². The molecule has 0 aliphatic carbocycles. The molecule has 0 radical (unpaired) electrons. The predicted octanol–water partition coefficient (Wildman–Crippen LogP) is 5.17. The third kappa shape index (κ3) is 5.77. The topological polar surface area (TPSA) is 93.5 Å². The molecule has 0 unspecified atom stereocenters. The zero-order valence-electron chi connectivity index (χ0n) is 20.3. The number of likely N-dealkylation sites (N-methyl/N-ethyl adjacent to an activating group) is 1. The number of amides is 1. The number of carbonyl (C=O) groups excluding carboxylic acids is 1. The minimum atomic E-state index is -0.351. The first-order chi connectivity index (χ1) is 17.4. The first kappa shape index (κ1) is 25.5. The Labute approximate surface area is 223 Å². The number of fused-ring (bicyclic) bond motifs is 1. The molecule has 0 aliphatic heterocycles. The van der Waals surface area contributed by atoms with E-state index in [-0.39, 0.29) is 5.91 Å². The molecule has 0 bridgehead atoms. The van der Waals surface area contributed by atoms with Gasteiger partial charge in [-0.1, -0.05) is 24.8 Å². The third-order valence-corrected chi connectivity index (χ3v) is 5.96. The number of hydrogen-bond donors (Lipinski definition) is 2. The summed E-state index contributed by atoms with van der Waals surface area (Å²) in [4.78, 5) is 21.2. The molecule has 9 nitrogen and oxygen atoms in total. The van der Waals surface area contributed by atoms with Crippen LogP contribution in [0.1, 0.15) is 0 Å². The highest BCUT2D eigenvalue weighted by atomic mass is 127. The standard InChI is InChI=1S/C26H27IN6O3/c1-5-25(34)29-21-14-20(23(35-4)15-24(21)36-13-12-33(3)27)31-26-28-11-10-19(30-26)18-16-32(2)22-9-7-6-8-17(18)22/h5-11,14-16H,1,12-13H2,2-4H3,(H,29,34)(H,28,30,31). The van der Waals surface area contributed by atoms with Crippen LogP contribution in [0.2, 0.25) is 0 Å². The second-order valence-electron chi connectivity index (χ2n) is 7.98. The van der Waals surface area contributed by atoms with Gasteiger partial charge in [0.2, 0.25) is 11.9 Å². The first-order valence-electron chi connectivity index (χ1n) is 11.2. The number of ether oxygens (including phenoxy) is 2. The summed E-state index contributed by atoms with van der Waals surface area (Å²) in [7, 11) is 5.53. The molecule has 2 aromatic heterocycles. The smallest absolute Gasteiger partial charge is 0.247 e. The summed E-state index contributed by atoms with van der Waals surface area (Å²) in [5.41, 5.74) is 3.96. The maximum Gasteiger partial charge on any atom is 0.247 e. The summed E-state index contributed by atoms with van der Waals surface area (Å²) in [5, 5.41) is 7.13. The molecule has 0 fully saturated rings. The molecule has 36 heavy (non-hydrogen) atoms. The molecule has 2 aromatic carbocycles.